The molecule has 2 rings (SSSR count). The number of hydrogen-bond acceptors (Lipinski definition) is 4. The largest absolute Gasteiger partial charge is 0.278 e. The first-order valence-corrected chi connectivity index (χ1v) is 5.44. The van der Waals surface area contributed by atoms with Gasteiger partial charge in [-0.25, -0.2) is 4.39 Å². The molecule has 1 N–H and O–H groups in total. The van der Waals surface area contributed by atoms with Crippen molar-refractivity contribution in [3.63, 3.8) is 0 Å². The van der Waals surface area contributed by atoms with Crippen LogP contribution in [0.2, 0.25) is 0 Å². The van der Waals surface area contributed by atoms with Crippen molar-refractivity contribution >= 4 is 17.6 Å². The molecule has 0 aliphatic heterocycles. The van der Waals surface area contributed by atoms with Crippen molar-refractivity contribution in [2.75, 3.05) is 5.43 Å². The second-order valence-corrected chi connectivity index (χ2v) is 3.73. The minimum atomic E-state index is -0.472. The molecule has 0 fully saturated rings. The molecule has 0 unspecified atom stereocenters. The first kappa shape index (κ1) is 12.7. The minimum absolute atomic E-state index is 0.0136. The van der Waals surface area contributed by atoms with Crippen molar-refractivity contribution in [3.05, 3.63) is 70.0 Å². The standard InChI is InChI=1S/C13H10FN3O2/c14-11-3-1-2-10(8-11)9-15-16-12-4-6-13(7-5-12)17(18)19/h1-9,16H/b15-9+. The molecule has 0 spiro atoms. The summed E-state index contributed by atoms with van der Waals surface area (Å²) in [4.78, 5) is 9.99. The lowest BCUT2D eigenvalue weighted by Crippen LogP contribution is -1.92. The van der Waals surface area contributed by atoms with Gasteiger partial charge in [-0.1, -0.05) is 12.1 Å². The monoisotopic (exact) mass is 259 g/mol. The van der Waals surface area contributed by atoms with Gasteiger partial charge in [0.15, 0.2) is 0 Å². The SMILES string of the molecule is O=[N+]([O-])c1ccc(N/N=C/c2cccc(F)c2)cc1. The lowest BCUT2D eigenvalue weighted by Gasteiger charge is -1.99. The van der Waals surface area contributed by atoms with Gasteiger partial charge in [-0.2, -0.15) is 5.10 Å². The Morgan fingerprint density at radius 2 is 1.95 bits per heavy atom. The summed E-state index contributed by atoms with van der Waals surface area (Å²) in [6.07, 6.45) is 1.46. The molecule has 0 saturated carbocycles. The number of benzene rings is 2. The molecule has 2 aromatic carbocycles. The van der Waals surface area contributed by atoms with Gasteiger partial charge in [0, 0.05) is 12.1 Å². The van der Waals surface area contributed by atoms with Crippen LogP contribution in [0.5, 0.6) is 0 Å². The fraction of sp³-hybridized carbons (Fsp3) is 0. The van der Waals surface area contributed by atoms with Crippen LogP contribution in [0, 0.1) is 15.9 Å². The summed E-state index contributed by atoms with van der Waals surface area (Å²) in [7, 11) is 0. The molecule has 96 valence electrons. The summed E-state index contributed by atoms with van der Waals surface area (Å²) in [5, 5.41) is 14.4. The molecule has 0 bridgehead atoms. The maximum atomic E-state index is 12.9. The molecular formula is C13H10FN3O2. The highest BCUT2D eigenvalue weighted by Gasteiger charge is 2.02. The zero-order valence-electron chi connectivity index (χ0n) is 9.79. The molecule has 0 aliphatic carbocycles. The number of non-ortho nitro benzene ring substituents is 1. The fourth-order valence-corrected chi connectivity index (χ4v) is 1.43. The Balaban J connectivity index is 2.00. The van der Waals surface area contributed by atoms with Gasteiger partial charge in [-0.3, -0.25) is 15.5 Å². The van der Waals surface area contributed by atoms with E-state index in [0.717, 1.165) is 0 Å². The van der Waals surface area contributed by atoms with E-state index in [4.69, 9.17) is 0 Å². The van der Waals surface area contributed by atoms with Gasteiger partial charge in [0.2, 0.25) is 0 Å². The van der Waals surface area contributed by atoms with Crippen LogP contribution >= 0.6 is 0 Å². The molecule has 0 amide bonds. The number of anilines is 1. The highest BCUT2D eigenvalue weighted by Crippen LogP contribution is 2.15. The first-order chi connectivity index (χ1) is 9.15. The van der Waals surface area contributed by atoms with Crippen LogP contribution in [0.4, 0.5) is 15.8 Å². The molecular weight excluding hydrogens is 249 g/mol. The maximum Gasteiger partial charge on any atom is 0.269 e. The quantitative estimate of drug-likeness (QED) is 0.521. The molecule has 19 heavy (non-hydrogen) atoms. The van der Waals surface area contributed by atoms with Crippen LogP contribution in [0.1, 0.15) is 5.56 Å². The van der Waals surface area contributed by atoms with Gasteiger partial charge in [-0.15, -0.1) is 0 Å². The van der Waals surface area contributed by atoms with Gasteiger partial charge in [-0.05, 0) is 29.8 Å². The van der Waals surface area contributed by atoms with E-state index in [1.807, 2.05) is 0 Å². The molecule has 0 aliphatic rings. The van der Waals surface area contributed by atoms with E-state index < -0.39 is 4.92 Å². The van der Waals surface area contributed by atoms with Crippen molar-refractivity contribution in [2.24, 2.45) is 5.10 Å². The average Bonchev–Trinajstić information content (AvgIpc) is 2.39. The summed E-state index contributed by atoms with van der Waals surface area (Å²) < 4.78 is 12.9. The number of rotatable bonds is 4. The van der Waals surface area contributed by atoms with Crippen LogP contribution in [0.3, 0.4) is 0 Å². The summed E-state index contributed by atoms with van der Waals surface area (Å²) in [5.74, 6) is -0.334. The second kappa shape index (κ2) is 5.72. The Morgan fingerprint density at radius 1 is 1.21 bits per heavy atom. The van der Waals surface area contributed by atoms with E-state index in [1.54, 1.807) is 24.3 Å². The third-order valence-corrected chi connectivity index (χ3v) is 2.33. The van der Waals surface area contributed by atoms with Crippen molar-refractivity contribution in [1.29, 1.82) is 0 Å². The summed E-state index contributed by atoms with van der Waals surface area (Å²) in [6, 6.07) is 11.8. The fourth-order valence-electron chi connectivity index (χ4n) is 1.43. The topological polar surface area (TPSA) is 67.5 Å². The van der Waals surface area contributed by atoms with Crippen LogP contribution in [-0.2, 0) is 0 Å². The number of nitrogens with zero attached hydrogens (tertiary/aromatic N) is 2. The Morgan fingerprint density at radius 3 is 2.58 bits per heavy atom. The van der Waals surface area contributed by atoms with Gasteiger partial charge in [0.05, 0.1) is 16.8 Å². The number of hydrazone groups is 1. The van der Waals surface area contributed by atoms with E-state index in [1.165, 1.54) is 30.5 Å². The molecule has 6 heteroatoms. The summed E-state index contributed by atoms with van der Waals surface area (Å²) in [5.41, 5.74) is 3.95. The highest BCUT2D eigenvalue weighted by atomic mass is 19.1. The van der Waals surface area contributed by atoms with Gasteiger partial charge in [0.25, 0.3) is 5.69 Å². The Bertz CT molecular complexity index is 612. The van der Waals surface area contributed by atoms with Crippen LogP contribution in [0.25, 0.3) is 0 Å². The maximum absolute atomic E-state index is 12.9. The zero-order valence-corrected chi connectivity index (χ0v) is 9.79. The average molecular weight is 259 g/mol. The van der Waals surface area contributed by atoms with E-state index in [-0.39, 0.29) is 11.5 Å². The number of hydrogen-bond donors (Lipinski definition) is 1. The lowest BCUT2D eigenvalue weighted by molar-refractivity contribution is -0.384. The van der Waals surface area contributed by atoms with E-state index in [2.05, 4.69) is 10.5 Å². The van der Waals surface area contributed by atoms with Crippen LogP contribution < -0.4 is 5.43 Å². The minimum Gasteiger partial charge on any atom is -0.278 e. The van der Waals surface area contributed by atoms with E-state index >= 15 is 0 Å². The number of halogens is 1. The normalized spacial score (nSPS) is 10.6. The third-order valence-electron chi connectivity index (χ3n) is 2.33. The smallest absolute Gasteiger partial charge is 0.269 e. The van der Waals surface area contributed by atoms with Crippen molar-refractivity contribution in [1.82, 2.24) is 0 Å². The van der Waals surface area contributed by atoms with Crippen LogP contribution in [0.15, 0.2) is 53.6 Å². The second-order valence-electron chi connectivity index (χ2n) is 3.73. The number of nitro groups is 1. The van der Waals surface area contributed by atoms with Gasteiger partial charge >= 0.3 is 0 Å². The third kappa shape index (κ3) is 3.60. The first-order valence-electron chi connectivity index (χ1n) is 5.44. The number of nitrogens with one attached hydrogen (secondary N) is 1. The Labute approximate surface area is 108 Å². The predicted molar refractivity (Wildman–Crippen MR) is 70.7 cm³/mol. The van der Waals surface area contributed by atoms with E-state index in [9.17, 15) is 14.5 Å². The van der Waals surface area contributed by atoms with Crippen molar-refractivity contribution in [3.8, 4) is 0 Å². The Kier molecular flexibility index (Phi) is 3.82. The molecule has 0 atom stereocenters. The molecule has 0 radical (unpaired) electrons. The van der Waals surface area contributed by atoms with Crippen LogP contribution in [-0.4, -0.2) is 11.1 Å². The highest BCUT2D eigenvalue weighted by molar-refractivity contribution is 5.80. The predicted octanol–water partition coefficient (Wildman–Crippen LogP) is 3.18. The molecule has 0 heterocycles. The molecule has 0 saturated heterocycles. The van der Waals surface area contributed by atoms with Gasteiger partial charge < -0.3 is 0 Å². The zero-order chi connectivity index (χ0) is 13.7. The molecule has 2 aromatic rings. The van der Waals surface area contributed by atoms with Crippen molar-refractivity contribution in [2.45, 2.75) is 0 Å². The Hall–Kier alpha value is -2.76. The van der Waals surface area contributed by atoms with Gasteiger partial charge in [0.1, 0.15) is 5.82 Å². The molecule has 5 nitrogen and oxygen atoms in total. The summed E-state index contributed by atoms with van der Waals surface area (Å²) >= 11 is 0. The summed E-state index contributed by atoms with van der Waals surface area (Å²) in [6.45, 7) is 0. The molecule has 0 aromatic heterocycles. The lowest BCUT2D eigenvalue weighted by atomic mass is 10.2. The van der Waals surface area contributed by atoms with Crippen molar-refractivity contribution < 1.29 is 9.31 Å². The number of nitro benzene ring substituents is 1. The van der Waals surface area contributed by atoms with E-state index in [0.29, 0.717) is 11.3 Å².